The minimum atomic E-state index is -0.278. The van der Waals surface area contributed by atoms with Crippen LogP contribution in [0.15, 0.2) is 22.5 Å². The lowest BCUT2D eigenvalue weighted by atomic mass is 10.3. The zero-order chi connectivity index (χ0) is 18.9. The number of guanidine groups is 1. The van der Waals surface area contributed by atoms with Crippen LogP contribution in [-0.4, -0.2) is 86.1 Å². The van der Waals surface area contributed by atoms with E-state index in [4.69, 9.17) is 4.74 Å². The summed E-state index contributed by atoms with van der Waals surface area (Å²) in [6.07, 6.45) is -0.278. The van der Waals surface area contributed by atoms with Crippen molar-refractivity contribution in [3.8, 4) is 0 Å². The fourth-order valence-corrected chi connectivity index (χ4v) is 3.09. The summed E-state index contributed by atoms with van der Waals surface area (Å²) in [5, 5.41) is 5.37. The smallest absolute Gasteiger partial charge is 0.409 e. The molecule has 0 unspecified atom stereocenters. The van der Waals surface area contributed by atoms with E-state index >= 15 is 0 Å². The molecule has 0 bridgehead atoms. The first kappa shape index (κ1) is 23.5. The quantitative estimate of drug-likeness (QED) is 0.372. The number of rotatable bonds is 5. The number of aliphatic imine (C=N–C) groups is 1. The molecule has 1 aromatic rings. The average molecular weight is 509 g/mol. The zero-order valence-corrected chi connectivity index (χ0v) is 19.2. The van der Waals surface area contributed by atoms with Crippen molar-refractivity contribution in [2.75, 3.05) is 53.4 Å². The molecule has 2 amide bonds. The van der Waals surface area contributed by atoms with Gasteiger partial charge in [-0.05, 0) is 18.4 Å². The molecule has 1 aliphatic rings. The van der Waals surface area contributed by atoms with Crippen LogP contribution in [-0.2, 0) is 16.1 Å². The van der Waals surface area contributed by atoms with Crippen molar-refractivity contribution in [3.05, 3.63) is 22.4 Å². The molecule has 10 heteroatoms. The van der Waals surface area contributed by atoms with E-state index < -0.39 is 0 Å². The molecule has 2 heterocycles. The predicted molar refractivity (Wildman–Crippen MR) is 118 cm³/mol. The van der Waals surface area contributed by atoms with Gasteiger partial charge in [0.1, 0.15) is 6.54 Å². The summed E-state index contributed by atoms with van der Waals surface area (Å²) in [5.41, 5.74) is 0. The molecule has 0 atom stereocenters. The number of hydrogen-bond acceptors (Lipinski definition) is 5. The molecule has 0 saturated carbocycles. The number of amides is 2. The molecule has 1 aromatic heterocycles. The van der Waals surface area contributed by atoms with E-state index in [2.05, 4.69) is 21.3 Å². The average Bonchev–Trinajstić information content (AvgIpc) is 3.15. The van der Waals surface area contributed by atoms with Gasteiger partial charge in [0.2, 0.25) is 5.91 Å². The molecule has 1 aliphatic heterocycles. The standard InChI is InChI=1S/C17H27N5O3S.HI/c1-4-25-17(24)22-9-7-21(8-10-22)16(19-13-15(23)20(2)3)18-12-14-6-5-11-26-14;/h5-6,11H,4,7-10,12-13H2,1-3H3,(H,18,19);1H. The first-order valence-corrected chi connectivity index (χ1v) is 9.56. The summed E-state index contributed by atoms with van der Waals surface area (Å²) in [7, 11) is 3.43. The van der Waals surface area contributed by atoms with Gasteiger partial charge < -0.3 is 24.8 Å². The van der Waals surface area contributed by atoms with E-state index in [0.717, 1.165) is 0 Å². The number of ether oxygens (including phenoxy) is 1. The van der Waals surface area contributed by atoms with E-state index in [1.165, 1.54) is 9.78 Å². The third-order valence-electron chi connectivity index (χ3n) is 3.97. The lowest BCUT2D eigenvalue weighted by Crippen LogP contribution is -2.54. The molecule has 0 spiro atoms. The van der Waals surface area contributed by atoms with Gasteiger partial charge in [-0.3, -0.25) is 4.79 Å². The fraction of sp³-hybridized carbons (Fsp3) is 0.588. The van der Waals surface area contributed by atoms with Crippen LogP contribution < -0.4 is 5.32 Å². The maximum absolute atomic E-state index is 11.9. The molecular formula is C17H28IN5O3S. The minimum absolute atomic E-state index is 0. The molecular weight excluding hydrogens is 481 g/mol. The summed E-state index contributed by atoms with van der Waals surface area (Å²) in [4.78, 5) is 34.7. The van der Waals surface area contributed by atoms with Crippen molar-refractivity contribution in [2.45, 2.75) is 13.5 Å². The first-order valence-electron chi connectivity index (χ1n) is 8.68. The van der Waals surface area contributed by atoms with E-state index in [-0.39, 0.29) is 42.5 Å². The number of piperazine rings is 1. The van der Waals surface area contributed by atoms with Gasteiger partial charge in [-0.15, -0.1) is 35.3 Å². The van der Waals surface area contributed by atoms with E-state index in [1.54, 1.807) is 37.3 Å². The molecule has 1 saturated heterocycles. The summed E-state index contributed by atoms with van der Waals surface area (Å²) in [6.45, 7) is 5.36. The second kappa shape index (κ2) is 12.0. The third-order valence-corrected chi connectivity index (χ3v) is 4.85. The highest BCUT2D eigenvalue weighted by molar-refractivity contribution is 14.0. The Kier molecular flexibility index (Phi) is 10.4. The number of nitrogens with zero attached hydrogens (tertiary/aromatic N) is 4. The zero-order valence-electron chi connectivity index (χ0n) is 16.0. The maximum Gasteiger partial charge on any atom is 0.409 e. The topological polar surface area (TPSA) is 77.5 Å². The molecule has 0 aliphatic carbocycles. The van der Waals surface area contributed by atoms with Gasteiger partial charge in [0, 0.05) is 45.2 Å². The lowest BCUT2D eigenvalue weighted by molar-refractivity contribution is -0.127. The Balaban J connectivity index is 0.00000364. The molecule has 27 heavy (non-hydrogen) atoms. The highest BCUT2D eigenvalue weighted by Crippen LogP contribution is 2.09. The third kappa shape index (κ3) is 7.53. The molecule has 1 N–H and O–H groups in total. The monoisotopic (exact) mass is 509 g/mol. The van der Waals surface area contributed by atoms with Crippen molar-refractivity contribution in [1.29, 1.82) is 0 Å². The van der Waals surface area contributed by atoms with Gasteiger partial charge in [0.05, 0.1) is 13.2 Å². The molecule has 1 fully saturated rings. The number of likely N-dealkylation sites (N-methyl/N-ethyl adjacent to an activating group) is 1. The van der Waals surface area contributed by atoms with Crippen LogP contribution in [0.4, 0.5) is 4.79 Å². The largest absolute Gasteiger partial charge is 0.450 e. The van der Waals surface area contributed by atoms with Crippen LogP contribution >= 0.6 is 35.3 Å². The van der Waals surface area contributed by atoms with Crippen molar-refractivity contribution in [3.63, 3.8) is 0 Å². The minimum Gasteiger partial charge on any atom is -0.450 e. The van der Waals surface area contributed by atoms with Gasteiger partial charge in [-0.1, -0.05) is 6.07 Å². The number of carbonyl (C=O) groups excluding carboxylic acids is 2. The number of carbonyl (C=O) groups is 2. The Bertz CT molecular complexity index is 616. The molecule has 152 valence electrons. The summed E-state index contributed by atoms with van der Waals surface area (Å²) >= 11 is 1.67. The Labute approximate surface area is 181 Å². The van der Waals surface area contributed by atoms with Gasteiger partial charge in [-0.2, -0.15) is 0 Å². The SMILES string of the molecule is CCOC(=O)N1CCN(C(=NCC(=O)N(C)C)NCc2cccs2)CC1.I. The molecule has 8 nitrogen and oxygen atoms in total. The van der Waals surface area contributed by atoms with Crippen LogP contribution in [0.3, 0.4) is 0 Å². The van der Waals surface area contributed by atoms with Crippen molar-refractivity contribution >= 4 is 53.3 Å². The number of halogens is 1. The van der Waals surface area contributed by atoms with E-state index in [9.17, 15) is 9.59 Å². The highest BCUT2D eigenvalue weighted by atomic mass is 127. The van der Waals surface area contributed by atoms with E-state index in [1.807, 2.05) is 11.4 Å². The van der Waals surface area contributed by atoms with Gasteiger partial charge in [0.15, 0.2) is 5.96 Å². The maximum atomic E-state index is 11.9. The van der Waals surface area contributed by atoms with Crippen LogP contribution in [0.5, 0.6) is 0 Å². The van der Waals surface area contributed by atoms with Crippen LogP contribution in [0, 0.1) is 0 Å². The Hall–Kier alpha value is -1.56. The van der Waals surface area contributed by atoms with Crippen LogP contribution in [0.25, 0.3) is 0 Å². The first-order chi connectivity index (χ1) is 12.5. The van der Waals surface area contributed by atoms with Crippen molar-refractivity contribution in [1.82, 2.24) is 20.0 Å². The predicted octanol–water partition coefficient (Wildman–Crippen LogP) is 1.67. The van der Waals surface area contributed by atoms with Crippen LogP contribution in [0.2, 0.25) is 0 Å². The molecule has 0 aromatic carbocycles. The fourth-order valence-electron chi connectivity index (χ4n) is 2.45. The Morgan fingerprint density at radius 2 is 1.93 bits per heavy atom. The van der Waals surface area contributed by atoms with Gasteiger partial charge in [-0.25, -0.2) is 9.79 Å². The van der Waals surface area contributed by atoms with Gasteiger partial charge in [0.25, 0.3) is 0 Å². The van der Waals surface area contributed by atoms with Crippen LogP contribution in [0.1, 0.15) is 11.8 Å². The second-order valence-corrected chi connectivity index (χ2v) is 7.07. The summed E-state index contributed by atoms with van der Waals surface area (Å²) in [6, 6.07) is 4.06. The highest BCUT2D eigenvalue weighted by Gasteiger charge is 2.24. The summed E-state index contributed by atoms with van der Waals surface area (Å²) < 4.78 is 5.05. The molecule has 2 rings (SSSR count). The number of thiophene rings is 1. The molecule has 0 radical (unpaired) electrons. The van der Waals surface area contributed by atoms with Crippen molar-refractivity contribution < 1.29 is 14.3 Å². The number of hydrogen-bond donors (Lipinski definition) is 1. The normalized spacial score (nSPS) is 14.4. The lowest BCUT2D eigenvalue weighted by Gasteiger charge is -2.36. The van der Waals surface area contributed by atoms with Crippen molar-refractivity contribution in [2.24, 2.45) is 4.99 Å². The summed E-state index contributed by atoms with van der Waals surface area (Å²) in [5.74, 6) is 0.641. The van der Waals surface area contributed by atoms with Gasteiger partial charge >= 0.3 is 6.09 Å². The van der Waals surface area contributed by atoms with E-state index in [0.29, 0.717) is 45.3 Å². The Morgan fingerprint density at radius 1 is 1.26 bits per heavy atom. The Morgan fingerprint density at radius 3 is 2.48 bits per heavy atom. The second-order valence-electron chi connectivity index (χ2n) is 6.03. The number of nitrogens with one attached hydrogen (secondary N) is 1.